The van der Waals surface area contributed by atoms with E-state index in [2.05, 4.69) is 4.74 Å². The standard InChI is InChI=1S/C12H18F3NO3/c1-19-11(18)4-2-3-10(17)16-7-5-9(6-8-16)12(13,14)15/h9H,2-8H2,1H3. The van der Waals surface area contributed by atoms with Gasteiger partial charge in [-0.2, -0.15) is 13.2 Å². The molecule has 0 saturated carbocycles. The first-order chi connectivity index (χ1) is 8.84. The van der Waals surface area contributed by atoms with E-state index in [1.807, 2.05) is 0 Å². The van der Waals surface area contributed by atoms with Gasteiger partial charge in [0.1, 0.15) is 0 Å². The van der Waals surface area contributed by atoms with Gasteiger partial charge in [0.2, 0.25) is 5.91 Å². The normalized spacial score (nSPS) is 17.4. The maximum atomic E-state index is 12.4. The number of rotatable bonds is 4. The largest absolute Gasteiger partial charge is 0.469 e. The monoisotopic (exact) mass is 281 g/mol. The first-order valence-electron chi connectivity index (χ1n) is 6.26. The first kappa shape index (κ1) is 15.8. The number of hydrogen-bond acceptors (Lipinski definition) is 3. The number of ether oxygens (including phenoxy) is 1. The van der Waals surface area contributed by atoms with Crippen LogP contribution in [-0.2, 0) is 14.3 Å². The Morgan fingerprint density at radius 1 is 1.21 bits per heavy atom. The highest BCUT2D eigenvalue weighted by Crippen LogP contribution is 2.34. The van der Waals surface area contributed by atoms with Gasteiger partial charge in [-0.05, 0) is 19.3 Å². The number of esters is 1. The summed E-state index contributed by atoms with van der Waals surface area (Å²) in [7, 11) is 1.27. The van der Waals surface area contributed by atoms with Crippen LogP contribution in [0.15, 0.2) is 0 Å². The lowest BCUT2D eigenvalue weighted by atomic mass is 9.96. The molecule has 0 atom stereocenters. The van der Waals surface area contributed by atoms with Gasteiger partial charge in [-0.3, -0.25) is 9.59 Å². The molecule has 0 aliphatic carbocycles. The van der Waals surface area contributed by atoms with E-state index in [-0.39, 0.29) is 50.6 Å². The van der Waals surface area contributed by atoms with E-state index in [0.717, 1.165) is 0 Å². The zero-order valence-corrected chi connectivity index (χ0v) is 10.8. The van der Waals surface area contributed by atoms with Gasteiger partial charge in [0.25, 0.3) is 0 Å². The van der Waals surface area contributed by atoms with E-state index in [4.69, 9.17) is 0 Å². The molecule has 1 heterocycles. The molecule has 1 aliphatic rings. The molecule has 0 aromatic heterocycles. The fourth-order valence-electron chi connectivity index (χ4n) is 2.10. The highest BCUT2D eigenvalue weighted by Gasteiger charge is 2.41. The fraction of sp³-hybridized carbons (Fsp3) is 0.833. The first-order valence-corrected chi connectivity index (χ1v) is 6.26. The summed E-state index contributed by atoms with van der Waals surface area (Å²) in [6, 6.07) is 0. The molecule has 19 heavy (non-hydrogen) atoms. The summed E-state index contributed by atoms with van der Waals surface area (Å²) < 4.78 is 41.8. The Bertz CT molecular complexity index is 323. The lowest BCUT2D eigenvalue weighted by molar-refractivity contribution is -0.186. The second kappa shape index (κ2) is 6.77. The Morgan fingerprint density at radius 2 is 1.79 bits per heavy atom. The number of methoxy groups -OCH3 is 1. The summed E-state index contributed by atoms with van der Waals surface area (Å²) in [4.78, 5) is 24.0. The quantitative estimate of drug-likeness (QED) is 0.742. The summed E-state index contributed by atoms with van der Waals surface area (Å²) in [6.07, 6.45) is -3.55. The molecule has 1 saturated heterocycles. The Balaban J connectivity index is 2.27. The molecule has 0 aromatic rings. The Morgan fingerprint density at radius 3 is 2.26 bits per heavy atom. The van der Waals surface area contributed by atoms with E-state index in [0.29, 0.717) is 6.42 Å². The molecule has 0 unspecified atom stereocenters. The number of piperidine rings is 1. The van der Waals surface area contributed by atoms with Crippen LogP contribution in [0, 0.1) is 5.92 Å². The molecule has 0 radical (unpaired) electrons. The lowest BCUT2D eigenvalue weighted by Crippen LogP contribution is -2.42. The Hall–Kier alpha value is -1.27. The third kappa shape index (κ3) is 5.08. The summed E-state index contributed by atoms with van der Waals surface area (Å²) >= 11 is 0. The highest BCUT2D eigenvalue weighted by molar-refractivity contribution is 5.77. The van der Waals surface area contributed by atoms with Crippen molar-refractivity contribution in [3.8, 4) is 0 Å². The minimum Gasteiger partial charge on any atom is -0.469 e. The van der Waals surface area contributed by atoms with E-state index in [9.17, 15) is 22.8 Å². The number of alkyl halides is 3. The van der Waals surface area contributed by atoms with Gasteiger partial charge in [-0.1, -0.05) is 0 Å². The average Bonchev–Trinajstić information content (AvgIpc) is 2.37. The van der Waals surface area contributed by atoms with Crippen molar-refractivity contribution in [1.82, 2.24) is 4.90 Å². The molecule has 4 nitrogen and oxygen atoms in total. The number of halogens is 3. The summed E-state index contributed by atoms with van der Waals surface area (Å²) in [5.74, 6) is -1.88. The minimum atomic E-state index is -4.17. The molecule has 1 aliphatic heterocycles. The van der Waals surface area contributed by atoms with Gasteiger partial charge >= 0.3 is 12.1 Å². The number of carbonyl (C=O) groups is 2. The Kier molecular flexibility index (Phi) is 5.62. The smallest absolute Gasteiger partial charge is 0.391 e. The molecule has 0 N–H and O–H groups in total. The SMILES string of the molecule is COC(=O)CCCC(=O)N1CCC(C(F)(F)F)CC1. The van der Waals surface area contributed by atoms with E-state index in [1.54, 1.807) is 0 Å². The lowest BCUT2D eigenvalue weighted by Gasteiger charge is -2.33. The molecular formula is C12H18F3NO3. The number of hydrogen-bond donors (Lipinski definition) is 0. The van der Waals surface area contributed by atoms with Crippen LogP contribution in [0.2, 0.25) is 0 Å². The van der Waals surface area contributed by atoms with Gasteiger partial charge < -0.3 is 9.64 Å². The zero-order chi connectivity index (χ0) is 14.5. The zero-order valence-electron chi connectivity index (χ0n) is 10.8. The van der Waals surface area contributed by atoms with Crippen molar-refractivity contribution >= 4 is 11.9 Å². The molecular weight excluding hydrogens is 263 g/mol. The van der Waals surface area contributed by atoms with Crippen LogP contribution in [0.5, 0.6) is 0 Å². The molecule has 0 spiro atoms. The molecule has 0 aromatic carbocycles. The van der Waals surface area contributed by atoms with Crippen molar-refractivity contribution in [2.75, 3.05) is 20.2 Å². The third-order valence-corrected chi connectivity index (χ3v) is 3.31. The van der Waals surface area contributed by atoms with Crippen LogP contribution < -0.4 is 0 Å². The van der Waals surface area contributed by atoms with Crippen molar-refractivity contribution in [2.24, 2.45) is 5.92 Å². The van der Waals surface area contributed by atoms with Gasteiger partial charge in [-0.25, -0.2) is 0 Å². The van der Waals surface area contributed by atoms with E-state index in [1.165, 1.54) is 12.0 Å². The maximum Gasteiger partial charge on any atom is 0.391 e. The highest BCUT2D eigenvalue weighted by atomic mass is 19.4. The predicted molar refractivity (Wildman–Crippen MR) is 61.2 cm³/mol. The summed E-state index contributed by atoms with van der Waals surface area (Å²) in [5, 5.41) is 0. The number of amides is 1. The van der Waals surface area contributed by atoms with Gasteiger partial charge in [0, 0.05) is 25.9 Å². The van der Waals surface area contributed by atoms with Gasteiger partial charge in [-0.15, -0.1) is 0 Å². The number of nitrogens with zero attached hydrogens (tertiary/aromatic N) is 1. The van der Waals surface area contributed by atoms with Crippen LogP contribution in [-0.4, -0.2) is 43.2 Å². The average molecular weight is 281 g/mol. The maximum absolute atomic E-state index is 12.4. The molecule has 0 bridgehead atoms. The van der Waals surface area contributed by atoms with Crippen molar-refractivity contribution in [2.45, 2.75) is 38.3 Å². The number of likely N-dealkylation sites (tertiary alicyclic amines) is 1. The fourth-order valence-corrected chi connectivity index (χ4v) is 2.10. The van der Waals surface area contributed by atoms with Crippen LogP contribution in [0.25, 0.3) is 0 Å². The predicted octanol–water partition coefficient (Wildman–Crippen LogP) is 2.13. The van der Waals surface area contributed by atoms with Gasteiger partial charge in [0.15, 0.2) is 0 Å². The summed E-state index contributed by atoms with van der Waals surface area (Å²) in [5.41, 5.74) is 0. The van der Waals surface area contributed by atoms with Crippen LogP contribution in [0.4, 0.5) is 13.2 Å². The second-order valence-electron chi connectivity index (χ2n) is 4.63. The van der Waals surface area contributed by atoms with Gasteiger partial charge in [0.05, 0.1) is 13.0 Å². The molecule has 7 heteroatoms. The minimum absolute atomic E-state index is 0.0355. The van der Waals surface area contributed by atoms with Crippen molar-refractivity contribution < 1.29 is 27.5 Å². The Labute approximate surface area is 109 Å². The van der Waals surface area contributed by atoms with Crippen molar-refractivity contribution in [1.29, 1.82) is 0 Å². The third-order valence-electron chi connectivity index (χ3n) is 3.31. The second-order valence-corrected chi connectivity index (χ2v) is 4.63. The van der Waals surface area contributed by atoms with Crippen molar-refractivity contribution in [3.63, 3.8) is 0 Å². The van der Waals surface area contributed by atoms with Crippen LogP contribution >= 0.6 is 0 Å². The molecule has 1 amide bonds. The molecule has 110 valence electrons. The van der Waals surface area contributed by atoms with Crippen molar-refractivity contribution in [3.05, 3.63) is 0 Å². The number of carbonyl (C=O) groups excluding carboxylic acids is 2. The van der Waals surface area contributed by atoms with Crippen LogP contribution in [0.1, 0.15) is 32.1 Å². The van der Waals surface area contributed by atoms with E-state index < -0.39 is 12.1 Å². The molecule has 1 rings (SSSR count). The van der Waals surface area contributed by atoms with Crippen LogP contribution in [0.3, 0.4) is 0 Å². The van der Waals surface area contributed by atoms with E-state index >= 15 is 0 Å². The topological polar surface area (TPSA) is 46.6 Å². The molecule has 1 fully saturated rings. The summed E-state index contributed by atoms with van der Waals surface area (Å²) in [6.45, 7) is 0.280.